The molecule has 2 heteroatoms. The first-order chi connectivity index (χ1) is 2.79. The van der Waals surface area contributed by atoms with Gasteiger partial charge in [0.05, 0.1) is 0 Å². The van der Waals surface area contributed by atoms with Gasteiger partial charge in [-0.1, -0.05) is 0 Å². The van der Waals surface area contributed by atoms with Crippen molar-refractivity contribution >= 4 is 0 Å². The summed E-state index contributed by atoms with van der Waals surface area (Å²) in [7, 11) is 0. The van der Waals surface area contributed by atoms with Gasteiger partial charge in [-0.15, -0.1) is 0 Å². The van der Waals surface area contributed by atoms with Crippen LogP contribution in [0, 0.1) is 6.17 Å². The summed E-state index contributed by atoms with van der Waals surface area (Å²) in [5.41, 5.74) is 0. The fraction of sp³-hybridized carbons (Fsp3) is 0.750. The number of hydrogen-bond acceptors (Lipinski definition) is 0. The van der Waals surface area contributed by atoms with Gasteiger partial charge >= 0.3 is 0 Å². The van der Waals surface area contributed by atoms with Gasteiger partial charge in [-0.2, -0.15) is 0 Å². The number of hydrogen-bond donors (Lipinski definition) is 0. The molecule has 0 N–H and O–H groups in total. The summed E-state index contributed by atoms with van der Waals surface area (Å²) in [6.07, 6.45) is -0.951. The maximum atomic E-state index is 11.5. The molecule has 0 saturated heterocycles. The highest BCUT2D eigenvalue weighted by Gasteiger charge is 2.29. The van der Waals surface area contributed by atoms with E-state index < -0.39 is 6.17 Å². The molecule has 0 aromatic rings. The Morgan fingerprint density at radius 1 is 1.50 bits per heavy atom. The molecule has 1 aliphatic rings. The third-order valence-corrected chi connectivity index (χ3v) is 0.886. The Balaban J connectivity index is 2.11. The molecule has 0 atom stereocenters. The van der Waals surface area contributed by atoms with Crippen molar-refractivity contribution < 1.29 is 8.78 Å². The van der Waals surface area contributed by atoms with Gasteiger partial charge in [0.25, 0.3) is 0 Å². The molecule has 35 valence electrons. The second-order valence-corrected chi connectivity index (χ2v) is 1.52. The Morgan fingerprint density at radius 2 is 2.00 bits per heavy atom. The number of alkyl halides is 1. The highest BCUT2D eigenvalue weighted by atomic mass is 19.2. The fourth-order valence-electron chi connectivity index (χ4n) is 0.421. The smallest absolute Gasteiger partial charge is 0.150 e. The van der Waals surface area contributed by atoms with Crippen molar-refractivity contribution in [1.82, 2.24) is 0 Å². The minimum atomic E-state index is -0.870. The summed E-state index contributed by atoms with van der Waals surface area (Å²) >= 11 is 0. The van der Waals surface area contributed by atoms with E-state index in [1.54, 1.807) is 0 Å². The quantitative estimate of drug-likeness (QED) is 0.425. The molecule has 1 radical (unpaired) electrons. The van der Waals surface area contributed by atoms with Crippen LogP contribution in [0.3, 0.4) is 0 Å². The van der Waals surface area contributed by atoms with Gasteiger partial charge in [-0.25, -0.2) is 8.78 Å². The van der Waals surface area contributed by atoms with Gasteiger partial charge < -0.3 is 0 Å². The molecule has 0 unspecified atom stereocenters. The molecular formula is C4H5F2. The van der Waals surface area contributed by atoms with Crippen LogP contribution in [-0.4, -0.2) is 6.17 Å². The molecule has 0 heterocycles. The third kappa shape index (κ3) is 0.511. The van der Waals surface area contributed by atoms with Crippen LogP contribution < -0.4 is 0 Å². The zero-order chi connectivity index (χ0) is 4.57. The van der Waals surface area contributed by atoms with Crippen LogP contribution >= 0.6 is 0 Å². The zero-order valence-electron chi connectivity index (χ0n) is 3.25. The van der Waals surface area contributed by atoms with Crippen LogP contribution in [0.4, 0.5) is 8.78 Å². The van der Waals surface area contributed by atoms with E-state index in [2.05, 4.69) is 0 Å². The lowest BCUT2D eigenvalue weighted by molar-refractivity contribution is 0.171. The topological polar surface area (TPSA) is 0 Å². The highest BCUT2D eigenvalue weighted by molar-refractivity contribution is 4.93. The Labute approximate surface area is 35.2 Å². The van der Waals surface area contributed by atoms with Gasteiger partial charge in [0.15, 0.2) is 6.17 Å². The lowest BCUT2D eigenvalue weighted by atomic mass is 9.96. The first-order valence-electron chi connectivity index (χ1n) is 1.93. The molecule has 0 aromatic heterocycles. The summed E-state index contributed by atoms with van der Waals surface area (Å²) < 4.78 is 23.0. The average molecular weight is 91.1 g/mol. The zero-order valence-corrected chi connectivity index (χ0v) is 3.25. The molecular weight excluding hydrogens is 86.0 g/mol. The Hall–Kier alpha value is -0.140. The minimum Gasteiger partial charge on any atom is -0.247 e. The van der Waals surface area contributed by atoms with Crippen LogP contribution in [-0.2, 0) is 0 Å². The van der Waals surface area contributed by atoms with Gasteiger partial charge in [0.2, 0.25) is 0 Å². The molecule has 1 saturated carbocycles. The minimum absolute atomic E-state index is 0.0556. The molecule has 1 rings (SSSR count). The van der Waals surface area contributed by atoms with Crippen LogP contribution in [0.2, 0.25) is 0 Å². The standard InChI is InChI=1S/C4H5F2/c5-3-1-4(6)2-3/h3H,1-2H2. The second kappa shape index (κ2) is 1.17. The number of rotatable bonds is 0. The van der Waals surface area contributed by atoms with E-state index in [1.165, 1.54) is 0 Å². The summed E-state index contributed by atoms with van der Waals surface area (Å²) in [6, 6.07) is 0. The van der Waals surface area contributed by atoms with Crippen LogP contribution in [0.25, 0.3) is 0 Å². The first kappa shape index (κ1) is 4.03. The van der Waals surface area contributed by atoms with Crippen molar-refractivity contribution in [2.24, 2.45) is 0 Å². The van der Waals surface area contributed by atoms with Crippen LogP contribution in [0.5, 0.6) is 0 Å². The van der Waals surface area contributed by atoms with Crippen molar-refractivity contribution in [3.05, 3.63) is 6.17 Å². The van der Waals surface area contributed by atoms with Crippen molar-refractivity contribution in [2.45, 2.75) is 19.0 Å². The van der Waals surface area contributed by atoms with E-state index in [1.807, 2.05) is 0 Å². The normalized spacial score (nSPS) is 27.0. The average Bonchev–Trinajstić information content (AvgIpc) is 1.33. The maximum absolute atomic E-state index is 11.5. The molecule has 0 spiro atoms. The molecule has 0 aromatic carbocycles. The molecule has 0 nitrogen and oxygen atoms in total. The predicted molar refractivity (Wildman–Crippen MR) is 18.5 cm³/mol. The predicted octanol–water partition coefficient (Wildman–Crippen LogP) is 1.62. The molecule has 0 bridgehead atoms. The summed E-state index contributed by atoms with van der Waals surface area (Å²) in [6.45, 7) is 0. The van der Waals surface area contributed by atoms with Crippen molar-refractivity contribution in [3.8, 4) is 0 Å². The van der Waals surface area contributed by atoms with E-state index in [4.69, 9.17) is 0 Å². The van der Waals surface area contributed by atoms with E-state index >= 15 is 0 Å². The second-order valence-electron chi connectivity index (χ2n) is 1.52. The number of halogens is 2. The lowest BCUT2D eigenvalue weighted by Gasteiger charge is -2.19. The molecule has 1 fully saturated rings. The van der Waals surface area contributed by atoms with Gasteiger partial charge in [0, 0.05) is 12.8 Å². The van der Waals surface area contributed by atoms with Crippen molar-refractivity contribution in [2.75, 3.05) is 0 Å². The van der Waals surface area contributed by atoms with Crippen LogP contribution in [0.15, 0.2) is 0 Å². The summed E-state index contributed by atoms with van der Waals surface area (Å²) in [5, 5.41) is 0. The van der Waals surface area contributed by atoms with Gasteiger partial charge in [-0.05, 0) is 0 Å². The Bertz CT molecular complexity index is 41.5. The fourth-order valence-corrected chi connectivity index (χ4v) is 0.421. The molecule has 6 heavy (non-hydrogen) atoms. The Morgan fingerprint density at radius 3 is 2.00 bits per heavy atom. The van der Waals surface area contributed by atoms with Crippen molar-refractivity contribution in [3.63, 3.8) is 0 Å². The monoisotopic (exact) mass is 91.0 g/mol. The van der Waals surface area contributed by atoms with Gasteiger partial charge in [-0.3, -0.25) is 0 Å². The molecule has 0 aliphatic heterocycles. The van der Waals surface area contributed by atoms with Crippen molar-refractivity contribution in [1.29, 1.82) is 0 Å². The van der Waals surface area contributed by atoms with E-state index in [-0.39, 0.29) is 19.0 Å². The first-order valence-corrected chi connectivity index (χ1v) is 1.93. The van der Waals surface area contributed by atoms with E-state index in [0.717, 1.165) is 0 Å². The Kier molecular flexibility index (Phi) is 0.787. The maximum Gasteiger partial charge on any atom is 0.150 e. The third-order valence-electron chi connectivity index (χ3n) is 0.886. The summed E-state index contributed by atoms with van der Waals surface area (Å²) in [5.74, 6) is 0. The molecule has 0 amide bonds. The van der Waals surface area contributed by atoms with E-state index in [9.17, 15) is 8.78 Å². The SMILES string of the molecule is F[C]1CC(F)C1. The van der Waals surface area contributed by atoms with Crippen LogP contribution in [0.1, 0.15) is 12.8 Å². The largest absolute Gasteiger partial charge is 0.247 e. The van der Waals surface area contributed by atoms with Gasteiger partial charge in [0.1, 0.15) is 6.17 Å². The molecule has 1 aliphatic carbocycles. The summed E-state index contributed by atoms with van der Waals surface area (Å²) in [4.78, 5) is 0. The highest BCUT2D eigenvalue weighted by Crippen LogP contribution is 2.32. The van der Waals surface area contributed by atoms with E-state index in [0.29, 0.717) is 0 Å². The lowest BCUT2D eigenvalue weighted by Crippen LogP contribution is -2.18.